The van der Waals surface area contributed by atoms with Gasteiger partial charge < -0.3 is 14.2 Å². The van der Waals surface area contributed by atoms with Crippen molar-refractivity contribution >= 4 is 17.4 Å². The van der Waals surface area contributed by atoms with Crippen molar-refractivity contribution in [3.05, 3.63) is 63.2 Å². The van der Waals surface area contributed by atoms with Crippen molar-refractivity contribution in [1.29, 1.82) is 0 Å². The quantitative estimate of drug-likeness (QED) is 0.292. The highest BCUT2D eigenvalue weighted by Crippen LogP contribution is 2.35. The molecular weight excluding hydrogens is 380 g/mol. The number of hydrogen-bond donors (Lipinski definition) is 0. The van der Waals surface area contributed by atoms with Crippen LogP contribution in [-0.4, -0.2) is 37.0 Å². The van der Waals surface area contributed by atoms with Crippen molar-refractivity contribution < 1.29 is 37.5 Å². The van der Waals surface area contributed by atoms with Crippen molar-refractivity contribution in [1.82, 2.24) is 0 Å². The molecule has 8 nitrogen and oxygen atoms in total. The molecule has 10 heteroatoms. The predicted molar refractivity (Wildman–Crippen MR) is 91.8 cm³/mol. The van der Waals surface area contributed by atoms with Crippen LogP contribution in [0.25, 0.3) is 0 Å². The van der Waals surface area contributed by atoms with Gasteiger partial charge in [0.05, 0.1) is 30.3 Å². The molecule has 148 valence electrons. The van der Waals surface area contributed by atoms with Crippen LogP contribution in [0.4, 0.5) is 14.5 Å². The number of nitro benzene ring substituents is 1. The summed E-state index contributed by atoms with van der Waals surface area (Å²) < 4.78 is 41.8. The summed E-state index contributed by atoms with van der Waals surface area (Å²) in [7, 11) is 1.27. The highest BCUT2D eigenvalue weighted by atomic mass is 19.1. The SMILES string of the molecule is CCOc1cc([N+](=O)[O-])c(C(=O)OCC(=O)c2cc(F)ccc2F)cc1OC. The van der Waals surface area contributed by atoms with Gasteiger partial charge >= 0.3 is 5.97 Å². The van der Waals surface area contributed by atoms with Gasteiger partial charge in [0, 0.05) is 6.07 Å². The largest absolute Gasteiger partial charge is 0.493 e. The third-order valence-electron chi connectivity index (χ3n) is 3.56. The second-order valence-electron chi connectivity index (χ2n) is 5.33. The lowest BCUT2D eigenvalue weighted by Crippen LogP contribution is -2.17. The molecule has 0 fully saturated rings. The first kappa shape index (κ1) is 20.7. The van der Waals surface area contributed by atoms with Gasteiger partial charge in [-0.1, -0.05) is 0 Å². The summed E-state index contributed by atoms with van der Waals surface area (Å²) in [6, 6.07) is 4.28. The Morgan fingerprint density at radius 3 is 2.43 bits per heavy atom. The second-order valence-corrected chi connectivity index (χ2v) is 5.33. The minimum Gasteiger partial charge on any atom is -0.493 e. The lowest BCUT2D eigenvalue weighted by molar-refractivity contribution is -0.385. The molecule has 0 bridgehead atoms. The van der Waals surface area contributed by atoms with Crippen LogP contribution in [-0.2, 0) is 4.74 Å². The zero-order chi connectivity index (χ0) is 20.8. The molecule has 0 radical (unpaired) electrons. The average molecular weight is 395 g/mol. The number of esters is 1. The van der Waals surface area contributed by atoms with E-state index in [-0.39, 0.29) is 18.1 Å². The van der Waals surface area contributed by atoms with Crippen LogP contribution in [0.15, 0.2) is 30.3 Å². The van der Waals surface area contributed by atoms with Crippen LogP contribution in [0.3, 0.4) is 0 Å². The first-order chi connectivity index (χ1) is 13.3. The van der Waals surface area contributed by atoms with Crippen LogP contribution < -0.4 is 9.47 Å². The van der Waals surface area contributed by atoms with Gasteiger partial charge in [-0.2, -0.15) is 0 Å². The summed E-state index contributed by atoms with van der Waals surface area (Å²) in [6.07, 6.45) is 0. The third-order valence-corrected chi connectivity index (χ3v) is 3.56. The van der Waals surface area contributed by atoms with E-state index in [0.29, 0.717) is 6.07 Å². The minimum absolute atomic E-state index is 0.0434. The zero-order valence-electron chi connectivity index (χ0n) is 14.9. The topological polar surface area (TPSA) is 105 Å². The Morgan fingerprint density at radius 1 is 1.11 bits per heavy atom. The van der Waals surface area contributed by atoms with Gasteiger partial charge in [-0.3, -0.25) is 14.9 Å². The van der Waals surface area contributed by atoms with E-state index in [1.54, 1.807) is 6.92 Å². The number of carbonyl (C=O) groups excluding carboxylic acids is 2. The van der Waals surface area contributed by atoms with Gasteiger partial charge in [-0.05, 0) is 25.1 Å². The molecule has 0 aliphatic rings. The summed E-state index contributed by atoms with van der Waals surface area (Å²) in [5.41, 5.74) is -1.72. The number of Topliss-reactive ketones (excluding diaryl/α,β-unsaturated/α-hetero) is 1. The molecule has 0 aliphatic carbocycles. The molecule has 0 N–H and O–H groups in total. The predicted octanol–water partition coefficient (Wildman–Crippen LogP) is 3.32. The highest BCUT2D eigenvalue weighted by molar-refractivity contribution is 6.00. The number of methoxy groups -OCH3 is 1. The fraction of sp³-hybridized carbons (Fsp3) is 0.222. The first-order valence-corrected chi connectivity index (χ1v) is 7.93. The standard InChI is InChI=1S/C18H15F2NO7/c1-3-27-17-8-14(21(24)25)12(7-16(17)26-2)18(23)28-9-15(22)11-6-10(19)4-5-13(11)20/h4-8H,3,9H2,1-2H3. The number of ketones is 1. The molecule has 0 spiro atoms. The van der Waals surface area contributed by atoms with E-state index in [0.717, 1.165) is 24.3 Å². The Kier molecular flexibility index (Phi) is 6.59. The maximum atomic E-state index is 13.6. The minimum atomic E-state index is -1.21. The van der Waals surface area contributed by atoms with E-state index in [9.17, 15) is 28.5 Å². The second kappa shape index (κ2) is 8.89. The van der Waals surface area contributed by atoms with Crippen LogP contribution >= 0.6 is 0 Å². The number of rotatable bonds is 8. The molecule has 0 heterocycles. The summed E-state index contributed by atoms with van der Waals surface area (Å²) >= 11 is 0. The fourth-order valence-electron chi connectivity index (χ4n) is 2.29. The Bertz CT molecular complexity index is 930. The highest BCUT2D eigenvalue weighted by Gasteiger charge is 2.26. The molecule has 0 aliphatic heterocycles. The molecule has 0 saturated heterocycles. The number of hydrogen-bond acceptors (Lipinski definition) is 7. The molecule has 2 aromatic rings. The monoisotopic (exact) mass is 395 g/mol. The number of nitro groups is 1. The van der Waals surface area contributed by atoms with Crippen LogP contribution in [0.2, 0.25) is 0 Å². The van der Waals surface area contributed by atoms with Crippen LogP contribution in [0.5, 0.6) is 11.5 Å². The molecule has 0 atom stereocenters. The number of nitrogens with zero attached hydrogens (tertiary/aromatic N) is 1. The van der Waals surface area contributed by atoms with Gasteiger partial charge in [0.2, 0.25) is 5.78 Å². The molecule has 0 saturated carbocycles. The normalized spacial score (nSPS) is 10.3. The number of benzene rings is 2. The molecule has 2 aromatic carbocycles. The summed E-state index contributed by atoms with van der Waals surface area (Å²) in [5, 5.41) is 11.3. The maximum Gasteiger partial charge on any atom is 0.345 e. The molecule has 0 unspecified atom stereocenters. The average Bonchev–Trinajstić information content (AvgIpc) is 2.67. The Labute approximate surface area is 157 Å². The summed E-state index contributed by atoms with van der Waals surface area (Å²) in [4.78, 5) is 34.7. The lowest BCUT2D eigenvalue weighted by Gasteiger charge is -2.11. The molecule has 2 rings (SSSR count). The maximum absolute atomic E-state index is 13.6. The van der Waals surface area contributed by atoms with Gasteiger partial charge in [0.1, 0.15) is 17.2 Å². The van der Waals surface area contributed by atoms with Gasteiger partial charge in [-0.15, -0.1) is 0 Å². The third kappa shape index (κ3) is 4.58. The lowest BCUT2D eigenvalue weighted by atomic mass is 10.1. The Morgan fingerprint density at radius 2 is 1.82 bits per heavy atom. The molecule has 0 amide bonds. The fourth-order valence-corrected chi connectivity index (χ4v) is 2.29. The zero-order valence-corrected chi connectivity index (χ0v) is 14.9. The van der Waals surface area contributed by atoms with E-state index in [4.69, 9.17) is 14.2 Å². The van der Waals surface area contributed by atoms with Crippen molar-refractivity contribution in [2.75, 3.05) is 20.3 Å². The number of ether oxygens (including phenoxy) is 3. The van der Waals surface area contributed by atoms with Crippen LogP contribution in [0, 0.1) is 21.7 Å². The molecule has 28 heavy (non-hydrogen) atoms. The van der Waals surface area contributed by atoms with E-state index in [2.05, 4.69) is 0 Å². The van der Waals surface area contributed by atoms with E-state index in [1.165, 1.54) is 7.11 Å². The van der Waals surface area contributed by atoms with Crippen molar-refractivity contribution in [3.8, 4) is 11.5 Å². The molecular formula is C18H15F2NO7. The summed E-state index contributed by atoms with van der Waals surface area (Å²) in [5.74, 6) is -3.96. The van der Waals surface area contributed by atoms with E-state index >= 15 is 0 Å². The van der Waals surface area contributed by atoms with Gasteiger partial charge in [-0.25, -0.2) is 13.6 Å². The van der Waals surface area contributed by atoms with Gasteiger partial charge in [0.15, 0.2) is 18.1 Å². The number of halogens is 2. The first-order valence-electron chi connectivity index (χ1n) is 7.93. The Balaban J connectivity index is 2.26. The molecule has 0 aromatic heterocycles. The summed E-state index contributed by atoms with van der Waals surface area (Å²) in [6.45, 7) is 0.918. The van der Waals surface area contributed by atoms with Crippen molar-refractivity contribution in [2.24, 2.45) is 0 Å². The van der Waals surface area contributed by atoms with Crippen LogP contribution in [0.1, 0.15) is 27.6 Å². The van der Waals surface area contributed by atoms with E-state index < -0.39 is 51.7 Å². The van der Waals surface area contributed by atoms with Crippen molar-refractivity contribution in [2.45, 2.75) is 6.92 Å². The van der Waals surface area contributed by atoms with Crippen molar-refractivity contribution in [3.63, 3.8) is 0 Å². The van der Waals surface area contributed by atoms with E-state index in [1.807, 2.05) is 0 Å². The Hall–Kier alpha value is -3.56. The number of carbonyl (C=O) groups is 2. The van der Waals surface area contributed by atoms with Gasteiger partial charge in [0.25, 0.3) is 5.69 Å². The smallest absolute Gasteiger partial charge is 0.345 e.